The van der Waals surface area contributed by atoms with Crippen LogP contribution in [0.2, 0.25) is 0 Å². The van der Waals surface area contributed by atoms with Crippen LogP contribution in [0.25, 0.3) is 0 Å². The minimum Gasteiger partial charge on any atom is -0.447 e. The lowest BCUT2D eigenvalue weighted by atomic mass is 10.2. The lowest BCUT2D eigenvalue weighted by Gasteiger charge is -2.35. The number of hydrogen-bond donors (Lipinski definition) is 0. The molecule has 0 atom stereocenters. The monoisotopic (exact) mass is 248 g/mol. The molecule has 1 heterocycles. The molecule has 4 heteroatoms. The molecule has 1 aliphatic heterocycles. The normalized spacial score (nSPS) is 15.9. The summed E-state index contributed by atoms with van der Waals surface area (Å²) in [5.41, 5.74) is 1.22. The molecule has 1 fully saturated rings. The standard InChI is InChI=1S/C14H20N2O2/c1-12(2)18-14(17)16-10-8-15(9-11-16)13-6-4-3-5-7-13/h3-7,12H,8-11H2,1-2H3. The third-order valence-corrected chi connectivity index (χ3v) is 3.00. The molecule has 1 aliphatic rings. The van der Waals surface area contributed by atoms with Gasteiger partial charge in [0.2, 0.25) is 0 Å². The Hall–Kier alpha value is -1.71. The molecule has 0 aliphatic carbocycles. The number of piperazine rings is 1. The van der Waals surface area contributed by atoms with E-state index in [0.717, 1.165) is 26.2 Å². The smallest absolute Gasteiger partial charge is 0.410 e. The van der Waals surface area contributed by atoms with E-state index in [-0.39, 0.29) is 12.2 Å². The minimum absolute atomic E-state index is 0.0512. The van der Waals surface area contributed by atoms with Crippen molar-refractivity contribution in [2.75, 3.05) is 31.1 Å². The fourth-order valence-corrected chi connectivity index (χ4v) is 2.06. The number of amides is 1. The van der Waals surface area contributed by atoms with E-state index in [0.29, 0.717) is 0 Å². The van der Waals surface area contributed by atoms with E-state index in [2.05, 4.69) is 17.0 Å². The van der Waals surface area contributed by atoms with E-state index >= 15 is 0 Å². The molecule has 0 bridgehead atoms. The Bertz CT molecular complexity index is 384. The van der Waals surface area contributed by atoms with E-state index in [4.69, 9.17) is 4.74 Å². The number of nitrogens with zero attached hydrogens (tertiary/aromatic N) is 2. The van der Waals surface area contributed by atoms with Crippen LogP contribution in [0.15, 0.2) is 30.3 Å². The molecule has 2 rings (SSSR count). The van der Waals surface area contributed by atoms with Crippen LogP contribution < -0.4 is 4.90 Å². The van der Waals surface area contributed by atoms with Crippen molar-refractivity contribution in [1.82, 2.24) is 4.90 Å². The largest absolute Gasteiger partial charge is 0.447 e. The van der Waals surface area contributed by atoms with Gasteiger partial charge >= 0.3 is 6.09 Å². The van der Waals surface area contributed by atoms with Gasteiger partial charge < -0.3 is 14.5 Å². The Balaban J connectivity index is 1.87. The topological polar surface area (TPSA) is 32.8 Å². The molecular weight excluding hydrogens is 228 g/mol. The summed E-state index contributed by atoms with van der Waals surface area (Å²) in [6.07, 6.45) is -0.248. The summed E-state index contributed by atoms with van der Waals surface area (Å²) in [7, 11) is 0. The van der Waals surface area contributed by atoms with Crippen molar-refractivity contribution in [2.24, 2.45) is 0 Å². The second-order valence-electron chi connectivity index (χ2n) is 4.74. The number of ether oxygens (including phenoxy) is 1. The molecule has 0 unspecified atom stereocenters. The van der Waals surface area contributed by atoms with E-state index in [1.165, 1.54) is 5.69 Å². The molecule has 98 valence electrons. The van der Waals surface area contributed by atoms with Crippen molar-refractivity contribution in [3.8, 4) is 0 Å². The first-order chi connectivity index (χ1) is 8.66. The van der Waals surface area contributed by atoms with Gasteiger partial charge in [0.25, 0.3) is 0 Å². The minimum atomic E-state index is -0.197. The van der Waals surface area contributed by atoms with Crippen LogP contribution in [0.5, 0.6) is 0 Å². The number of carbonyl (C=O) groups excluding carboxylic acids is 1. The molecule has 0 saturated carbocycles. The van der Waals surface area contributed by atoms with E-state index in [1.807, 2.05) is 32.0 Å². The van der Waals surface area contributed by atoms with Gasteiger partial charge in [0.15, 0.2) is 0 Å². The first-order valence-corrected chi connectivity index (χ1v) is 6.42. The number of rotatable bonds is 2. The summed E-state index contributed by atoms with van der Waals surface area (Å²) >= 11 is 0. The Morgan fingerprint density at radius 1 is 1.11 bits per heavy atom. The summed E-state index contributed by atoms with van der Waals surface area (Å²) in [6, 6.07) is 10.3. The second-order valence-corrected chi connectivity index (χ2v) is 4.74. The summed E-state index contributed by atoms with van der Waals surface area (Å²) in [4.78, 5) is 15.8. The highest BCUT2D eigenvalue weighted by molar-refractivity contribution is 5.68. The third-order valence-electron chi connectivity index (χ3n) is 3.00. The van der Waals surface area contributed by atoms with Crippen LogP contribution in [-0.2, 0) is 4.74 Å². The maximum absolute atomic E-state index is 11.7. The van der Waals surface area contributed by atoms with Gasteiger partial charge in [-0.3, -0.25) is 0 Å². The van der Waals surface area contributed by atoms with Crippen molar-refractivity contribution < 1.29 is 9.53 Å². The maximum Gasteiger partial charge on any atom is 0.410 e. The van der Waals surface area contributed by atoms with Gasteiger partial charge in [0.05, 0.1) is 6.10 Å². The first-order valence-electron chi connectivity index (χ1n) is 6.42. The van der Waals surface area contributed by atoms with Gasteiger partial charge in [-0.05, 0) is 26.0 Å². The highest BCUT2D eigenvalue weighted by Crippen LogP contribution is 2.15. The van der Waals surface area contributed by atoms with Crippen LogP contribution >= 0.6 is 0 Å². The average Bonchev–Trinajstić information content (AvgIpc) is 2.39. The molecule has 0 radical (unpaired) electrons. The van der Waals surface area contributed by atoms with Gasteiger partial charge in [0.1, 0.15) is 0 Å². The zero-order chi connectivity index (χ0) is 13.0. The van der Waals surface area contributed by atoms with Gasteiger partial charge in [-0.1, -0.05) is 18.2 Å². The number of hydrogen-bond acceptors (Lipinski definition) is 3. The molecule has 0 spiro atoms. The van der Waals surface area contributed by atoms with Crippen LogP contribution in [0.3, 0.4) is 0 Å². The van der Waals surface area contributed by atoms with Crippen LogP contribution in [0.1, 0.15) is 13.8 Å². The Morgan fingerprint density at radius 3 is 2.28 bits per heavy atom. The molecule has 0 N–H and O–H groups in total. The Labute approximate surface area is 108 Å². The number of carbonyl (C=O) groups is 1. The fourth-order valence-electron chi connectivity index (χ4n) is 2.06. The number of benzene rings is 1. The molecule has 1 saturated heterocycles. The predicted octanol–water partition coefficient (Wildman–Crippen LogP) is 2.35. The Kier molecular flexibility index (Phi) is 4.07. The van der Waals surface area contributed by atoms with Crippen molar-refractivity contribution in [3.63, 3.8) is 0 Å². The zero-order valence-electron chi connectivity index (χ0n) is 11.0. The Morgan fingerprint density at radius 2 is 1.72 bits per heavy atom. The van der Waals surface area contributed by atoms with Crippen molar-refractivity contribution in [3.05, 3.63) is 30.3 Å². The summed E-state index contributed by atoms with van der Waals surface area (Å²) in [5, 5.41) is 0. The third kappa shape index (κ3) is 3.15. The summed E-state index contributed by atoms with van der Waals surface area (Å²) in [5.74, 6) is 0. The van der Waals surface area contributed by atoms with Crippen LogP contribution in [0.4, 0.5) is 10.5 Å². The van der Waals surface area contributed by atoms with Crippen molar-refractivity contribution in [2.45, 2.75) is 20.0 Å². The predicted molar refractivity (Wildman–Crippen MR) is 71.8 cm³/mol. The van der Waals surface area contributed by atoms with Gasteiger partial charge in [0, 0.05) is 31.9 Å². The molecular formula is C14H20N2O2. The highest BCUT2D eigenvalue weighted by atomic mass is 16.6. The van der Waals surface area contributed by atoms with Gasteiger partial charge in [-0.2, -0.15) is 0 Å². The second kappa shape index (κ2) is 5.76. The molecule has 1 aromatic carbocycles. The van der Waals surface area contributed by atoms with Crippen molar-refractivity contribution in [1.29, 1.82) is 0 Å². The van der Waals surface area contributed by atoms with E-state index < -0.39 is 0 Å². The molecule has 0 aromatic heterocycles. The van der Waals surface area contributed by atoms with E-state index in [9.17, 15) is 4.79 Å². The van der Waals surface area contributed by atoms with Gasteiger partial charge in [-0.25, -0.2) is 4.79 Å². The SMILES string of the molecule is CC(C)OC(=O)N1CCN(c2ccccc2)CC1. The molecule has 4 nitrogen and oxygen atoms in total. The maximum atomic E-state index is 11.7. The van der Waals surface area contributed by atoms with E-state index in [1.54, 1.807) is 4.90 Å². The summed E-state index contributed by atoms with van der Waals surface area (Å²) in [6.45, 7) is 6.91. The van der Waals surface area contributed by atoms with Crippen LogP contribution in [-0.4, -0.2) is 43.3 Å². The fraction of sp³-hybridized carbons (Fsp3) is 0.500. The lowest BCUT2D eigenvalue weighted by Crippen LogP contribution is -2.49. The van der Waals surface area contributed by atoms with Crippen molar-refractivity contribution >= 4 is 11.8 Å². The zero-order valence-corrected chi connectivity index (χ0v) is 11.0. The molecule has 1 amide bonds. The summed E-state index contributed by atoms with van der Waals surface area (Å²) < 4.78 is 5.20. The lowest BCUT2D eigenvalue weighted by molar-refractivity contribution is 0.0751. The number of para-hydroxylation sites is 1. The average molecular weight is 248 g/mol. The van der Waals surface area contributed by atoms with Crippen LogP contribution in [0, 0.1) is 0 Å². The molecule has 1 aromatic rings. The first kappa shape index (κ1) is 12.7. The van der Waals surface area contributed by atoms with Gasteiger partial charge in [-0.15, -0.1) is 0 Å². The number of anilines is 1. The highest BCUT2D eigenvalue weighted by Gasteiger charge is 2.22. The quantitative estimate of drug-likeness (QED) is 0.805. The molecule has 18 heavy (non-hydrogen) atoms.